The van der Waals surface area contributed by atoms with Crippen LogP contribution in [0.25, 0.3) is 0 Å². The molecule has 0 spiro atoms. The average molecular weight is 139 g/mol. The molecule has 0 aromatic rings. The van der Waals surface area contributed by atoms with Gasteiger partial charge in [0.05, 0.1) is 0 Å². The molecule has 0 saturated carbocycles. The molecule has 1 heterocycles. The van der Waals surface area contributed by atoms with Crippen molar-refractivity contribution in [2.45, 2.75) is 31.4 Å². The Bertz CT molecular complexity index is 161. The van der Waals surface area contributed by atoms with Gasteiger partial charge in [0.2, 0.25) is 0 Å². The molecule has 0 aromatic carbocycles. The Labute approximate surface area is 61.6 Å². The van der Waals surface area contributed by atoms with Crippen molar-refractivity contribution in [2.24, 2.45) is 0 Å². The van der Waals surface area contributed by atoms with Crippen molar-refractivity contribution < 1.29 is 5.11 Å². The topological polar surface area (TPSA) is 32.3 Å². The third kappa shape index (κ3) is 1.50. The molecule has 2 N–H and O–H groups in total. The Morgan fingerprint density at radius 2 is 2.50 bits per heavy atom. The van der Waals surface area contributed by atoms with Crippen molar-refractivity contribution in [3.05, 3.63) is 0 Å². The van der Waals surface area contributed by atoms with Gasteiger partial charge in [-0.15, -0.1) is 6.42 Å². The van der Waals surface area contributed by atoms with Crippen molar-refractivity contribution in [1.82, 2.24) is 5.32 Å². The highest BCUT2D eigenvalue weighted by molar-refractivity contribution is 5.10. The van der Waals surface area contributed by atoms with Crippen LogP contribution in [-0.4, -0.2) is 23.3 Å². The van der Waals surface area contributed by atoms with Crippen LogP contribution in [0.4, 0.5) is 0 Å². The Kier molecular flexibility index (Phi) is 1.98. The quantitative estimate of drug-likeness (QED) is 0.467. The minimum atomic E-state index is -0.843. The van der Waals surface area contributed by atoms with E-state index in [1.807, 2.05) is 6.92 Å². The van der Waals surface area contributed by atoms with Crippen LogP contribution in [0.5, 0.6) is 0 Å². The van der Waals surface area contributed by atoms with Gasteiger partial charge >= 0.3 is 0 Å². The lowest BCUT2D eigenvalue weighted by atomic mass is 9.89. The zero-order valence-corrected chi connectivity index (χ0v) is 6.22. The molecule has 0 radical (unpaired) electrons. The van der Waals surface area contributed by atoms with E-state index in [4.69, 9.17) is 6.42 Å². The zero-order chi connectivity index (χ0) is 7.61. The lowest BCUT2D eigenvalue weighted by Crippen LogP contribution is -2.45. The lowest BCUT2D eigenvalue weighted by Gasteiger charge is -2.31. The first-order valence-corrected chi connectivity index (χ1v) is 3.60. The van der Waals surface area contributed by atoms with Crippen molar-refractivity contribution in [3.8, 4) is 12.3 Å². The minimum absolute atomic E-state index is 0.342. The molecule has 0 amide bonds. The number of hydrogen-bond donors (Lipinski definition) is 2. The van der Waals surface area contributed by atoms with Gasteiger partial charge in [-0.2, -0.15) is 0 Å². The number of nitrogens with one attached hydrogen (secondary N) is 1. The largest absolute Gasteiger partial charge is 0.378 e. The van der Waals surface area contributed by atoms with Gasteiger partial charge < -0.3 is 10.4 Å². The first-order chi connectivity index (χ1) is 4.66. The number of rotatable bonds is 0. The second-order valence-electron chi connectivity index (χ2n) is 2.99. The van der Waals surface area contributed by atoms with Crippen molar-refractivity contribution in [3.63, 3.8) is 0 Å². The second-order valence-corrected chi connectivity index (χ2v) is 2.99. The molecule has 1 aliphatic heterocycles. The van der Waals surface area contributed by atoms with Crippen LogP contribution in [0.1, 0.15) is 19.8 Å². The van der Waals surface area contributed by atoms with E-state index in [2.05, 4.69) is 11.2 Å². The van der Waals surface area contributed by atoms with Gasteiger partial charge in [0.15, 0.2) is 0 Å². The number of piperidine rings is 1. The SMILES string of the molecule is C#C[C@]1(O)CCN[C@H](C)C1. The summed E-state index contributed by atoms with van der Waals surface area (Å²) in [7, 11) is 0. The van der Waals surface area contributed by atoms with E-state index in [-0.39, 0.29) is 0 Å². The fraction of sp³-hybridized carbons (Fsp3) is 0.750. The van der Waals surface area contributed by atoms with E-state index in [0.29, 0.717) is 18.9 Å². The fourth-order valence-corrected chi connectivity index (χ4v) is 1.34. The van der Waals surface area contributed by atoms with E-state index in [1.165, 1.54) is 0 Å². The van der Waals surface area contributed by atoms with Crippen LogP contribution in [0, 0.1) is 12.3 Å². The zero-order valence-electron chi connectivity index (χ0n) is 6.22. The summed E-state index contributed by atoms with van der Waals surface area (Å²) in [5.41, 5.74) is -0.843. The van der Waals surface area contributed by atoms with E-state index >= 15 is 0 Å². The van der Waals surface area contributed by atoms with Gasteiger partial charge in [-0.25, -0.2) is 0 Å². The van der Waals surface area contributed by atoms with Crippen LogP contribution in [0.15, 0.2) is 0 Å². The average Bonchev–Trinajstić information content (AvgIpc) is 1.88. The molecule has 1 rings (SSSR count). The second kappa shape index (κ2) is 2.61. The minimum Gasteiger partial charge on any atom is -0.378 e. The number of hydrogen-bond acceptors (Lipinski definition) is 2. The van der Waals surface area contributed by atoms with Gasteiger partial charge in [0, 0.05) is 12.5 Å². The third-order valence-corrected chi connectivity index (χ3v) is 1.94. The molecule has 1 fully saturated rings. The first-order valence-electron chi connectivity index (χ1n) is 3.60. The van der Waals surface area contributed by atoms with Crippen LogP contribution < -0.4 is 5.32 Å². The highest BCUT2D eigenvalue weighted by Crippen LogP contribution is 2.19. The van der Waals surface area contributed by atoms with Gasteiger partial charge in [0.25, 0.3) is 0 Å². The highest BCUT2D eigenvalue weighted by atomic mass is 16.3. The summed E-state index contributed by atoms with van der Waals surface area (Å²) in [5, 5.41) is 12.8. The van der Waals surface area contributed by atoms with Gasteiger partial charge in [-0.3, -0.25) is 0 Å². The number of aliphatic hydroxyl groups is 1. The maximum atomic E-state index is 9.57. The molecule has 2 nitrogen and oxygen atoms in total. The normalized spacial score (nSPS) is 40.7. The Morgan fingerprint density at radius 1 is 1.80 bits per heavy atom. The Balaban J connectivity index is 2.56. The van der Waals surface area contributed by atoms with Crippen molar-refractivity contribution in [1.29, 1.82) is 0 Å². The predicted octanol–water partition coefficient (Wildman–Crippen LogP) is 0.123. The molecule has 1 aliphatic rings. The van der Waals surface area contributed by atoms with Crippen molar-refractivity contribution >= 4 is 0 Å². The Hall–Kier alpha value is -0.520. The maximum Gasteiger partial charge on any atom is 0.127 e. The molecule has 0 unspecified atom stereocenters. The molecule has 56 valence electrons. The molecule has 10 heavy (non-hydrogen) atoms. The monoisotopic (exact) mass is 139 g/mol. The van der Waals surface area contributed by atoms with Crippen LogP contribution in [-0.2, 0) is 0 Å². The van der Waals surface area contributed by atoms with E-state index < -0.39 is 5.60 Å². The summed E-state index contributed by atoms with van der Waals surface area (Å²) in [5.74, 6) is 2.43. The van der Waals surface area contributed by atoms with Gasteiger partial charge in [0.1, 0.15) is 5.60 Å². The maximum absolute atomic E-state index is 9.57. The summed E-state index contributed by atoms with van der Waals surface area (Å²) >= 11 is 0. The van der Waals surface area contributed by atoms with E-state index in [0.717, 1.165) is 6.54 Å². The third-order valence-electron chi connectivity index (χ3n) is 1.94. The molecule has 0 aliphatic carbocycles. The molecule has 1 saturated heterocycles. The molecule has 2 heteroatoms. The van der Waals surface area contributed by atoms with Gasteiger partial charge in [-0.05, 0) is 19.9 Å². The Morgan fingerprint density at radius 3 is 2.90 bits per heavy atom. The smallest absolute Gasteiger partial charge is 0.127 e. The van der Waals surface area contributed by atoms with Crippen molar-refractivity contribution in [2.75, 3.05) is 6.54 Å². The van der Waals surface area contributed by atoms with Crippen LogP contribution in [0.3, 0.4) is 0 Å². The highest BCUT2D eigenvalue weighted by Gasteiger charge is 2.29. The summed E-state index contributed by atoms with van der Waals surface area (Å²) in [4.78, 5) is 0. The van der Waals surface area contributed by atoms with Gasteiger partial charge in [-0.1, -0.05) is 5.92 Å². The molecular formula is C8H13NO. The molecule has 0 aromatic heterocycles. The fourth-order valence-electron chi connectivity index (χ4n) is 1.34. The molecule has 0 bridgehead atoms. The van der Waals surface area contributed by atoms with Crippen LogP contribution >= 0.6 is 0 Å². The predicted molar refractivity (Wildman–Crippen MR) is 40.5 cm³/mol. The lowest BCUT2D eigenvalue weighted by molar-refractivity contribution is 0.0537. The van der Waals surface area contributed by atoms with Crippen LogP contribution in [0.2, 0.25) is 0 Å². The van der Waals surface area contributed by atoms with E-state index in [1.54, 1.807) is 0 Å². The summed E-state index contributed by atoms with van der Waals surface area (Å²) in [6.45, 7) is 2.85. The summed E-state index contributed by atoms with van der Waals surface area (Å²) in [6.07, 6.45) is 6.52. The standard InChI is InChI=1S/C8H13NO/c1-3-8(10)4-5-9-7(2)6-8/h1,7,9-10H,4-6H2,2H3/t7-,8+/m1/s1. The summed E-state index contributed by atoms with van der Waals surface area (Å²) in [6, 6.07) is 0.342. The first kappa shape index (κ1) is 7.59. The molecule has 2 atom stereocenters. The summed E-state index contributed by atoms with van der Waals surface area (Å²) < 4.78 is 0. The van der Waals surface area contributed by atoms with E-state index in [9.17, 15) is 5.11 Å². The number of terminal acetylenes is 1. The molecular weight excluding hydrogens is 126 g/mol.